The van der Waals surface area contributed by atoms with Gasteiger partial charge >= 0.3 is 12.1 Å². The van der Waals surface area contributed by atoms with Gasteiger partial charge in [0.15, 0.2) is 5.72 Å². The molecule has 2 fully saturated rings. The smallest absolute Gasteiger partial charge is 0.409 e. The highest BCUT2D eigenvalue weighted by Gasteiger charge is 2.64. The van der Waals surface area contributed by atoms with Gasteiger partial charge < -0.3 is 38.8 Å². The van der Waals surface area contributed by atoms with E-state index < -0.39 is 65.5 Å². The fourth-order valence-electron chi connectivity index (χ4n) is 5.90. The maximum absolute atomic E-state index is 13.8. The molecule has 3 heterocycles. The van der Waals surface area contributed by atoms with E-state index in [1.807, 2.05) is 6.92 Å². The average molecular weight is 651 g/mol. The van der Waals surface area contributed by atoms with Gasteiger partial charge in [0.05, 0.1) is 37.8 Å². The molecule has 3 N–H and O–H groups in total. The molecule has 0 aromatic heterocycles. The number of aliphatic hydroxyl groups is 2. The number of amides is 2. The first kappa shape index (κ1) is 34.7. The molecule has 2 amide bonds. The Morgan fingerprint density at radius 2 is 1.98 bits per heavy atom. The molecule has 3 aliphatic rings. The lowest BCUT2D eigenvalue weighted by Gasteiger charge is -2.42. The highest BCUT2D eigenvalue weighted by molar-refractivity contribution is 6.35. The van der Waals surface area contributed by atoms with E-state index in [2.05, 4.69) is 5.32 Å². The third-order valence-corrected chi connectivity index (χ3v) is 9.16. The van der Waals surface area contributed by atoms with Crippen molar-refractivity contribution < 1.29 is 48.3 Å². The van der Waals surface area contributed by atoms with Crippen molar-refractivity contribution >= 4 is 35.3 Å². The average Bonchev–Trinajstić information content (AvgIpc) is 3.69. The van der Waals surface area contributed by atoms with Gasteiger partial charge in [0.1, 0.15) is 34.7 Å². The largest absolute Gasteiger partial charge is 0.495 e. The van der Waals surface area contributed by atoms with E-state index in [0.29, 0.717) is 22.6 Å². The van der Waals surface area contributed by atoms with E-state index in [1.165, 1.54) is 19.1 Å². The SMILES string of the molecule is COc1cc2cc(c1Cl)N(C)C(=O)CC(OC(=O)C(C)C)[C@]1(C)O[C@H]1[C@H](C)[C@@H]1C[C@@](O)(NC(=O)O1)[C@H](OC)/C=C\C=C(\CO)C2. The Bertz CT molecular complexity index is 1370. The zero-order valence-electron chi connectivity index (χ0n) is 26.7. The number of ether oxygens (including phenoxy) is 5. The first-order valence-electron chi connectivity index (χ1n) is 14.9. The summed E-state index contributed by atoms with van der Waals surface area (Å²) in [6.45, 7) is 6.66. The molecular formula is C32H43ClN2O10. The summed E-state index contributed by atoms with van der Waals surface area (Å²) in [6.07, 6.45) is 0.703. The number of allylic oxidation sites excluding steroid dienone is 2. The van der Waals surface area contributed by atoms with E-state index in [9.17, 15) is 24.6 Å². The molecular weight excluding hydrogens is 608 g/mol. The van der Waals surface area contributed by atoms with Gasteiger partial charge in [-0.3, -0.25) is 14.9 Å². The van der Waals surface area contributed by atoms with Crippen molar-refractivity contribution in [1.82, 2.24) is 5.32 Å². The second kappa shape index (κ2) is 13.7. The first-order valence-corrected chi connectivity index (χ1v) is 15.3. The van der Waals surface area contributed by atoms with E-state index in [0.717, 1.165) is 0 Å². The molecule has 7 atom stereocenters. The van der Waals surface area contributed by atoms with Crippen LogP contribution in [0.3, 0.4) is 0 Å². The zero-order valence-corrected chi connectivity index (χ0v) is 27.4. The van der Waals surface area contributed by atoms with Crippen molar-refractivity contribution in [3.63, 3.8) is 0 Å². The monoisotopic (exact) mass is 650 g/mol. The molecule has 13 heteroatoms. The molecule has 12 nitrogen and oxygen atoms in total. The van der Waals surface area contributed by atoms with Crippen LogP contribution in [0.25, 0.3) is 0 Å². The number of hydrogen-bond donors (Lipinski definition) is 3. The quantitative estimate of drug-likeness (QED) is 0.319. The lowest BCUT2D eigenvalue weighted by atomic mass is 9.83. The molecule has 0 saturated carbocycles. The molecule has 4 rings (SSSR count). The van der Waals surface area contributed by atoms with Crippen LogP contribution < -0.4 is 15.0 Å². The van der Waals surface area contributed by atoms with Crippen LogP contribution in [-0.2, 0) is 35.0 Å². The molecule has 0 aliphatic carbocycles. The van der Waals surface area contributed by atoms with Gasteiger partial charge in [-0.25, -0.2) is 4.79 Å². The van der Waals surface area contributed by atoms with Gasteiger partial charge in [0, 0.05) is 26.5 Å². The fraction of sp³-hybridized carbons (Fsp3) is 0.594. The van der Waals surface area contributed by atoms with Gasteiger partial charge in [0.25, 0.3) is 0 Å². The standard InChI is InChI=1S/C32H43ClN2O10/c1-17(2)29(38)44-25-14-26(37)35(5)21-12-20(13-22(41-6)27(21)33)11-19(16-36)9-8-10-24(42-7)32(40)15-23(43-30(39)34-32)18(3)28-31(25,4)45-28/h8-10,12-13,17-18,23-25,28,36,40H,11,14-16H2,1-7H3,(H,34,39)/b10-8-,19-9+/t18-,23+,24-,25?,28+,31+,32+/m1/s1. The minimum atomic E-state index is -1.83. The molecule has 4 bridgehead atoms. The van der Waals surface area contributed by atoms with Crippen LogP contribution in [0, 0.1) is 11.8 Å². The number of benzene rings is 1. The Labute approximate surface area is 268 Å². The number of aliphatic hydroxyl groups excluding tert-OH is 1. The highest BCUT2D eigenvalue weighted by atomic mass is 35.5. The molecule has 1 aromatic rings. The summed E-state index contributed by atoms with van der Waals surface area (Å²) < 4.78 is 28.7. The maximum atomic E-state index is 13.8. The second-order valence-corrected chi connectivity index (χ2v) is 12.7. The summed E-state index contributed by atoms with van der Waals surface area (Å²) in [5, 5.41) is 24.4. The van der Waals surface area contributed by atoms with Crippen molar-refractivity contribution in [3.8, 4) is 5.75 Å². The fourth-order valence-corrected chi connectivity index (χ4v) is 6.22. The summed E-state index contributed by atoms with van der Waals surface area (Å²) in [4.78, 5) is 40.7. The summed E-state index contributed by atoms with van der Waals surface area (Å²) in [7, 11) is 4.44. The van der Waals surface area contributed by atoms with Gasteiger partial charge in [0.2, 0.25) is 5.91 Å². The number of alkyl carbamates (subject to hydrolysis) is 1. The molecule has 0 radical (unpaired) electrons. The van der Waals surface area contributed by atoms with Crippen molar-refractivity contribution in [2.75, 3.05) is 32.8 Å². The van der Waals surface area contributed by atoms with Crippen LogP contribution in [0.5, 0.6) is 5.75 Å². The summed E-state index contributed by atoms with van der Waals surface area (Å²) >= 11 is 6.67. The van der Waals surface area contributed by atoms with Gasteiger partial charge in [-0.15, -0.1) is 0 Å². The van der Waals surface area contributed by atoms with Crippen LogP contribution in [0.2, 0.25) is 5.02 Å². The number of hydrogen-bond acceptors (Lipinski definition) is 10. The Kier molecular flexibility index (Phi) is 10.6. The third kappa shape index (κ3) is 7.30. The molecule has 3 aliphatic heterocycles. The lowest BCUT2D eigenvalue weighted by Crippen LogP contribution is -2.63. The molecule has 45 heavy (non-hydrogen) atoms. The number of nitrogens with zero attached hydrogens (tertiary/aromatic N) is 1. The Morgan fingerprint density at radius 3 is 2.60 bits per heavy atom. The number of epoxide rings is 1. The Hall–Kier alpha value is -3.16. The van der Waals surface area contributed by atoms with E-state index in [1.54, 1.807) is 58.2 Å². The number of carbonyl (C=O) groups is 3. The van der Waals surface area contributed by atoms with Crippen LogP contribution in [0.1, 0.15) is 46.1 Å². The van der Waals surface area contributed by atoms with Crippen LogP contribution >= 0.6 is 11.6 Å². The minimum absolute atomic E-state index is 0.0441. The van der Waals surface area contributed by atoms with Crippen molar-refractivity contribution in [3.05, 3.63) is 46.5 Å². The van der Waals surface area contributed by atoms with Crippen LogP contribution in [0.15, 0.2) is 35.9 Å². The minimum Gasteiger partial charge on any atom is -0.495 e. The molecule has 1 aromatic carbocycles. The van der Waals surface area contributed by atoms with Gasteiger partial charge in [-0.1, -0.05) is 50.6 Å². The normalized spacial score (nSPS) is 34.2. The number of halogens is 1. The first-order chi connectivity index (χ1) is 21.2. The topological polar surface area (TPSA) is 156 Å². The van der Waals surface area contributed by atoms with Crippen molar-refractivity contribution in [1.29, 1.82) is 0 Å². The Balaban J connectivity index is 1.82. The lowest BCUT2D eigenvalue weighted by molar-refractivity contribution is -0.157. The third-order valence-electron chi connectivity index (χ3n) is 8.78. The predicted molar refractivity (Wildman–Crippen MR) is 165 cm³/mol. The summed E-state index contributed by atoms with van der Waals surface area (Å²) in [5.41, 5.74) is -1.25. The second-order valence-electron chi connectivity index (χ2n) is 12.3. The van der Waals surface area contributed by atoms with Crippen molar-refractivity contribution in [2.24, 2.45) is 11.8 Å². The number of rotatable bonds is 5. The van der Waals surface area contributed by atoms with Gasteiger partial charge in [-0.05, 0) is 36.6 Å². The molecule has 2 saturated heterocycles. The van der Waals surface area contributed by atoms with E-state index in [-0.39, 0.29) is 30.9 Å². The molecule has 248 valence electrons. The number of esters is 1. The predicted octanol–water partition coefficient (Wildman–Crippen LogP) is 3.30. The number of anilines is 1. The summed E-state index contributed by atoms with van der Waals surface area (Å²) in [5.74, 6) is -1.50. The summed E-state index contributed by atoms with van der Waals surface area (Å²) in [6, 6.07) is 3.45. The zero-order chi connectivity index (χ0) is 33.3. The molecule has 1 unspecified atom stereocenters. The number of carbonyl (C=O) groups excluding carboxylic acids is 3. The number of nitrogens with one attached hydrogen (secondary N) is 1. The molecule has 0 spiro atoms. The van der Waals surface area contributed by atoms with Crippen LogP contribution in [0.4, 0.5) is 10.5 Å². The number of fused-ring (bicyclic) bond motifs is 5. The number of methoxy groups -OCH3 is 2. The maximum Gasteiger partial charge on any atom is 0.409 e. The highest BCUT2D eigenvalue weighted by Crippen LogP contribution is 2.49. The van der Waals surface area contributed by atoms with E-state index in [4.69, 9.17) is 35.3 Å². The van der Waals surface area contributed by atoms with Crippen molar-refractivity contribution in [2.45, 2.75) is 82.7 Å². The van der Waals surface area contributed by atoms with Crippen LogP contribution in [-0.4, -0.2) is 91.8 Å². The Morgan fingerprint density at radius 1 is 1.27 bits per heavy atom. The van der Waals surface area contributed by atoms with E-state index >= 15 is 0 Å². The van der Waals surface area contributed by atoms with Gasteiger partial charge in [-0.2, -0.15) is 0 Å².